The van der Waals surface area contributed by atoms with E-state index in [2.05, 4.69) is 5.32 Å². The third-order valence-corrected chi connectivity index (χ3v) is 6.88. The number of fused-ring (bicyclic) bond motifs is 1. The van der Waals surface area contributed by atoms with Crippen LogP contribution < -0.4 is 10.7 Å². The Kier molecular flexibility index (Phi) is 5.41. The Labute approximate surface area is 190 Å². The lowest BCUT2D eigenvalue weighted by molar-refractivity contribution is -0.144. The predicted molar refractivity (Wildman–Crippen MR) is 120 cm³/mol. The summed E-state index contributed by atoms with van der Waals surface area (Å²) in [6.07, 6.45) is 6.76. The molecule has 0 spiro atoms. The molecule has 32 heavy (non-hydrogen) atoms. The van der Waals surface area contributed by atoms with Crippen molar-refractivity contribution < 1.29 is 18.7 Å². The van der Waals surface area contributed by atoms with Crippen LogP contribution in [0.1, 0.15) is 63.4 Å². The monoisotopic (exact) mass is 453 g/mol. The minimum absolute atomic E-state index is 0.0620. The summed E-state index contributed by atoms with van der Waals surface area (Å²) in [5.41, 5.74) is 2.50. The molecule has 0 bridgehead atoms. The van der Waals surface area contributed by atoms with Crippen molar-refractivity contribution in [1.29, 1.82) is 0 Å². The van der Waals surface area contributed by atoms with E-state index in [9.17, 15) is 14.4 Å². The number of rotatable bonds is 3. The summed E-state index contributed by atoms with van der Waals surface area (Å²) in [5, 5.41) is 3.98. The van der Waals surface area contributed by atoms with Crippen molar-refractivity contribution in [1.82, 2.24) is 5.32 Å². The zero-order chi connectivity index (χ0) is 22.4. The number of benzene rings is 1. The molecule has 1 atom stereocenters. The summed E-state index contributed by atoms with van der Waals surface area (Å²) in [5.74, 6) is -1.37. The fourth-order valence-electron chi connectivity index (χ4n) is 5.10. The Morgan fingerprint density at radius 1 is 1.16 bits per heavy atom. The highest BCUT2D eigenvalue weighted by atomic mass is 35.5. The quantitative estimate of drug-likeness (QED) is 0.665. The molecule has 5 rings (SSSR count). The number of ketones is 1. The van der Waals surface area contributed by atoms with Crippen LogP contribution >= 0.6 is 11.6 Å². The number of hydrogen-bond donors (Lipinski definition) is 1. The lowest BCUT2D eigenvalue weighted by atomic mass is 9.75. The van der Waals surface area contributed by atoms with E-state index in [1.165, 1.54) is 6.26 Å². The van der Waals surface area contributed by atoms with Gasteiger partial charge in [-0.2, -0.15) is 0 Å². The smallest absolute Gasteiger partial charge is 0.337 e. The van der Waals surface area contributed by atoms with Gasteiger partial charge < -0.3 is 14.5 Å². The molecule has 1 aromatic heterocycles. The summed E-state index contributed by atoms with van der Waals surface area (Å²) in [4.78, 5) is 39.9. The Morgan fingerprint density at radius 3 is 2.72 bits per heavy atom. The van der Waals surface area contributed by atoms with E-state index in [-0.39, 0.29) is 22.9 Å². The average molecular weight is 454 g/mol. The number of hydrogen-bond acceptors (Lipinski definition) is 6. The maximum atomic E-state index is 13.5. The number of allylic oxidation sites excluding steroid dienone is 3. The van der Waals surface area contributed by atoms with Crippen LogP contribution in [0.4, 0.5) is 0 Å². The normalized spacial score (nSPS) is 21.7. The molecule has 1 saturated carbocycles. The maximum Gasteiger partial charge on any atom is 0.337 e. The summed E-state index contributed by atoms with van der Waals surface area (Å²) in [6, 6.07) is 4.84. The molecule has 0 radical (unpaired) electrons. The van der Waals surface area contributed by atoms with Crippen LogP contribution in [0, 0.1) is 0 Å². The molecular formula is C25H24ClNO5. The fraction of sp³-hybridized carbons (Fsp3) is 0.400. The second-order valence-electron chi connectivity index (χ2n) is 8.74. The molecule has 0 unspecified atom stereocenters. The first-order valence-electron chi connectivity index (χ1n) is 11.1. The standard InChI is InChI=1S/C25H24ClNO5/c1-13-21(25(30)32-15-5-2-3-6-15)22(23-18(27-13)7-4-8-19(23)28)17-12-31-20-10-9-14(26)11-16(20)24(17)29/h9-12,15,22,27H,2-8H2,1H3/t22-/m0/s1. The fourth-order valence-corrected chi connectivity index (χ4v) is 5.28. The minimum atomic E-state index is -0.826. The number of ether oxygens (including phenoxy) is 1. The number of carbonyl (C=O) groups excluding carboxylic acids is 2. The van der Waals surface area contributed by atoms with Crippen molar-refractivity contribution >= 4 is 34.3 Å². The molecule has 1 aromatic carbocycles. The van der Waals surface area contributed by atoms with Crippen LogP contribution in [0.25, 0.3) is 11.0 Å². The van der Waals surface area contributed by atoms with Gasteiger partial charge >= 0.3 is 5.97 Å². The average Bonchev–Trinajstić information content (AvgIpc) is 3.26. The Bertz CT molecular complexity index is 1250. The lowest BCUT2D eigenvalue weighted by Gasteiger charge is -2.34. The molecule has 2 aliphatic carbocycles. The number of dihydropyridines is 1. The van der Waals surface area contributed by atoms with Gasteiger partial charge in [-0.3, -0.25) is 9.59 Å². The summed E-state index contributed by atoms with van der Waals surface area (Å²) >= 11 is 6.12. The minimum Gasteiger partial charge on any atom is -0.464 e. The third kappa shape index (κ3) is 3.56. The predicted octanol–water partition coefficient (Wildman–Crippen LogP) is 4.90. The van der Waals surface area contributed by atoms with Crippen LogP contribution in [0.5, 0.6) is 0 Å². The van der Waals surface area contributed by atoms with Gasteiger partial charge in [-0.05, 0) is 63.6 Å². The zero-order valence-electron chi connectivity index (χ0n) is 17.8. The molecular weight excluding hydrogens is 430 g/mol. The molecule has 6 nitrogen and oxygen atoms in total. The number of carbonyl (C=O) groups is 2. The number of halogens is 1. The molecule has 1 aliphatic heterocycles. The van der Waals surface area contributed by atoms with E-state index in [4.69, 9.17) is 20.8 Å². The lowest BCUT2D eigenvalue weighted by Crippen LogP contribution is -2.36. The Morgan fingerprint density at radius 2 is 1.94 bits per heavy atom. The van der Waals surface area contributed by atoms with Gasteiger partial charge in [0.05, 0.1) is 23.1 Å². The van der Waals surface area contributed by atoms with E-state index in [1.54, 1.807) is 25.1 Å². The molecule has 7 heteroatoms. The topological polar surface area (TPSA) is 85.6 Å². The van der Waals surface area contributed by atoms with Crippen LogP contribution in [0.2, 0.25) is 5.02 Å². The van der Waals surface area contributed by atoms with Crippen LogP contribution in [0.15, 0.2) is 56.2 Å². The van der Waals surface area contributed by atoms with Gasteiger partial charge in [0.2, 0.25) is 0 Å². The second kappa shape index (κ2) is 8.24. The Hall–Kier alpha value is -2.86. The molecule has 2 aromatic rings. The van der Waals surface area contributed by atoms with Crippen LogP contribution in [-0.2, 0) is 14.3 Å². The maximum absolute atomic E-state index is 13.5. The summed E-state index contributed by atoms with van der Waals surface area (Å²) in [6.45, 7) is 1.79. The number of nitrogens with one attached hydrogen (secondary N) is 1. The van der Waals surface area contributed by atoms with Crippen molar-refractivity contribution in [2.45, 2.75) is 63.9 Å². The summed E-state index contributed by atoms with van der Waals surface area (Å²) in [7, 11) is 0. The SMILES string of the molecule is CC1=C(C(=O)OC2CCCC2)[C@H](c2coc3ccc(Cl)cc3c2=O)C2=C(CCCC2=O)N1. The van der Waals surface area contributed by atoms with Crippen molar-refractivity contribution in [3.8, 4) is 0 Å². The van der Waals surface area contributed by atoms with Crippen molar-refractivity contribution in [2.75, 3.05) is 0 Å². The molecule has 0 saturated heterocycles. The van der Waals surface area contributed by atoms with Gasteiger partial charge in [0, 0.05) is 34.0 Å². The van der Waals surface area contributed by atoms with Crippen molar-refractivity contribution in [3.05, 3.63) is 67.8 Å². The van der Waals surface area contributed by atoms with Gasteiger partial charge in [-0.15, -0.1) is 0 Å². The first kappa shape index (κ1) is 21.0. The van der Waals surface area contributed by atoms with E-state index in [0.29, 0.717) is 45.7 Å². The van der Waals surface area contributed by atoms with E-state index in [0.717, 1.165) is 37.8 Å². The molecule has 1 N–H and O–H groups in total. The van der Waals surface area contributed by atoms with Gasteiger partial charge in [0.25, 0.3) is 0 Å². The number of esters is 1. The van der Waals surface area contributed by atoms with Gasteiger partial charge in [-0.25, -0.2) is 4.79 Å². The molecule has 1 fully saturated rings. The van der Waals surface area contributed by atoms with Gasteiger partial charge in [-0.1, -0.05) is 11.6 Å². The van der Waals surface area contributed by atoms with Crippen molar-refractivity contribution in [2.24, 2.45) is 0 Å². The highest BCUT2D eigenvalue weighted by Crippen LogP contribution is 2.42. The first-order chi connectivity index (χ1) is 15.4. The third-order valence-electron chi connectivity index (χ3n) is 6.64. The number of Topliss-reactive ketones (excluding diaryl/α,β-unsaturated/α-hetero) is 1. The zero-order valence-corrected chi connectivity index (χ0v) is 18.6. The molecule has 0 amide bonds. The largest absolute Gasteiger partial charge is 0.464 e. The first-order valence-corrected chi connectivity index (χ1v) is 11.5. The highest BCUT2D eigenvalue weighted by Gasteiger charge is 2.41. The molecule has 166 valence electrons. The van der Waals surface area contributed by atoms with Gasteiger partial charge in [0.15, 0.2) is 11.2 Å². The van der Waals surface area contributed by atoms with E-state index >= 15 is 0 Å². The molecule has 2 heterocycles. The van der Waals surface area contributed by atoms with Crippen molar-refractivity contribution in [3.63, 3.8) is 0 Å². The second-order valence-corrected chi connectivity index (χ2v) is 9.17. The van der Waals surface area contributed by atoms with E-state index < -0.39 is 11.9 Å². The van der Waals surface area contributed by atoms with E-state index in [1.807, 2.05) is 0 Å². The van der Waals surface area contributed by atoms with Gasteiger partial charge in [0.1, 0.15) is 11.7 Å². The van der Waals surface area contributed by atoms with Crippen LogP contribution in [-0.4, -0.2) is 17.9 Å². The van der Waals surface area contributed by atoms with Crippen LogP contribution in [0.3, 0.4) is 0 Å². The summed E-state index contributed by atoms with van der Waals surface area (Å²) < 4.78 is 11.6. The Balaban J connectivity index is 1.67. The molecule has 3 aliphatic rings. The highest BCUT2D eigenvalue weighted by molar-refractivity contribution is 6.31.